The molecule has 0 amide bonds. The quantitative estimate of drug-likeness (QED) is 0.463. The largest absolute Gasteiger partial charge is 0.411 e. The molecule has 0 fully saturated rings. The van der Waals surface area contributed by atoms with Gasteiger partial charge in [-0.05, 0) is 37.1 Å². The molecule has 1 rings (SSSR count). The monoisotopic (exact) mass is 210 g/mol. The predicted octanol–water partition coefficient (Wildman–Crippen LogP) is 2.99. The predicted molar refractivity (Wildman–Crippen MR) is 57.8 cm³/mol. The van der Waals surface area contributed by atoms with Crippen molar-refractivity contribution in [2.45, 2.75) is 13.8 Å². The van der Waals surface area contributed by atoms with Crippen LogP contribution in [0.4, 0.5) is 0 Å². The minimum Gasteiger partial charge on any atom is -0.411 e. The Labute approximate surface area is 87.7 Å². The van der Waals surface area contributed by atoms with Crippen molar-refractivity contribution in [2.24, 2.45) is 5.16 Å². The minimum absolute atomic E-state index is 0.567. The molecular weight excluding hydrogens is 200 g/mol. The highest BCUT2D eigenvalue weighted by Gasteiger charge is 1.99. The standard InChI is InChI=1S/C10H11ClN2O/c1-7(8(2)13-14)5-9-3-4-12-6-10(9)11/h3-6,14H,1-2H3/b7-5+,13-8+. The van der Waals surface area contributed by atoms with Crippen LogP contribution in [0.2, 0.25) is 5.02 Å². The van der Waals surface area contributed by atoms with Crippen LogP contribution in [0, 0.1) is 0 Å². The number of nitrogens with zero attached hydrogens (tertiary/aromatic N) is 2. The number of halogens is 1. The van der Waals surface area contributed by atoms with Crippen molar-refractivity contribution in [3.8, 4) is 0 Å². The first kappa shape index (κ1) is 10.7. The number of pyridine rings is 1. The Bertz CT molecular complexity index is 385. The lowest BCUT2D eigenvalue weighted by molar-refractivity contribution is 0.319. The highest BCUT2D eigenvalue weighted by Crippen LogP contribution is 2.17. The summed E-state index contributed by atoms with van der Waals surface area (Å²) in [4.78, 5) is 3.88. The van der Waals surface area contributed by atoms with E-state index in [2.05, 4.69) is 10.1 Å². The van der Waals surface area contributed by atoms with E-state index in [1.165, 1.54) is 0 Å². The molecule has 1 aromatic heterocycles. The SMILES string of the molecule is CC(=C\c1ccncc1Cl)/C(C)=N/O. The minimum atomic E-state index is 0.567. The molecular formula is C10H11ClN2O. The van der Waals surface area contributed by atoms with Crippen LogP contribution in [0.3, 0.4) is 0 Å². The first-order chi connectivity index (χ1) is 6.65. The Balaban J connectivity index is 3.04. The second-order valence-electron chi connectivity index (χ2n) is 2.91. The van der Waals surface area contributed by atoms with Gasteiger partial charge in [0, 0.05) is 12.4 Å². The van der Waals surface area contributed by atoms with E-state index in [1.807, 2.05) is 13.0 Å². The topological polar surface area (TPSA) is 45.5 Å². The molecule has 0 unspecified atom stereocenters. The van der Waals surface area contributed by atoms with Crippen molar-refractivity contribution in [3.05, 3.63) is 34.6 Å². The Morgan fingerprint density at radius 2 is 2.29 bits per heavy atom. The third kappa shape index (κ3) is 2.57. The van der Waals surface area contributed by atoms with Crippen molar-refractivity contribution in [3.63, 3.8) is 0 Å². The molecule has 3 nitrogen and oxygen atoms in total. The van der Waals surface area contributed by atoms with Gasteiger partial charge in [-0.3, -0.25) is 4.98 Å². The van der Waals surface area contributed by atoms with Crippen molar-refractivity contribution in [1.82, 2.24) is 4.98 Å². The van der Waals surface area contributed by atoms with Crippen LogP contribution < -0.4 is 0 Å². The summed E-state index contributed by atoms with van der Waals surface area (Å²) < 4.78 is 0. The molecule has 0 atom stereocenters. The zero-order valence-corrected chi connectivity index (χ0v) is 8.78. The van der Waals surface area contributed by atoms with Gasteiger partial charge in [0.05, 0.1) is 10.7 Å². The summed E-state index contributed by atoms with van der Waals surface area (Å²) in [6.45, 7) is 3.58. The van der Waals surface area contributed by atoms with E-state index in [9.17, 15) is 0 Å². The Morgan fingerprint density at radius 3 is 2.86 bits per heavy atom. The van der Waals surface area contributed by atoms with Crippen LogP contribution in [0.15, 0.2) is 29.2 Å². The number of aromatic nitrogens is 1. The molecule has 0 spiro atoms. The van der Waals surface area contributed by atoms with Gasteiger partial charge in [-0.2, -0.15) is 0 Å². The summed E-state index contributed by atoms with van der Waals surface area (Å²) >= 11 is 5.91. The average Bonchev–Trinajstić information content (AvgIpc) is 2.20. The fourth-order valence-electron chi connectivity index (χ4n) is 0.920. The van der Waals surface area contributed by atoms with E-state index in [0.717, 1.165) is 11.1 Å². The fourth-order valence-corrected chi connectivity index (χ4v) is 1.09. The first-order valence-corrected chi connectivity index (χ1v) is 4.49. The summed E-state index contributed by atoms with van der Waals surface area (Å²) in [5.74, 6) is 0. The third-order valence-corrected chi connectivity index (χ3v) is 2.21. The van der Waals surface area contributed by atoms with Gasteiger partial charge in [-0.15, -0.1) is 0 Å². The fraction of sp³-hybridized carbons (Fsp3) is 0.200. The van der Waals surface area contributed by atoms with Crippen molar-refractivity contribution < 1.29 is 5.21 Å². The first-order valence-electron chi connectivity index (χ1n) is 4.12. The molecule has 1 N–H and O–H groups in total. The second-order valence-corrected chi connectivity index (χ2v) is 3.32. The lowest BCUT2D eigenvalue weighted by atomic mass is 10.1. The van der Waals surface area contributed by atoms with E-state index in [-0.39, 0.29) is 0 Å². The summed E-state index contributed by atoms with van der Waals surface area (Å²) in [5.41, 5.74) is 2.29. The third-order valence-electron chi connectivity index (χ3n) is 1.90. The molecule has 0 saturated heterocycles. The van der Waals surface area contributed by atoms with Crippen LogP contribution in [0.25, 0.3) is 6.08 Å². The lowest BCUT2D eigenvalue weighted by Gasteiger charge is -2.00. The zero-order valence-electron chi connectivity index (χ0n) is 8.03. The normalized spacial score (nSPS) is 13.1. The molecule has 14 heavy (non-hydrogen) atoms. The smallest absolute Gasteiger partial charge is 0.0794 e. The van der Waals surface area contributed by atoms with Crippen molar-refractivity contribution in [2.75, 3.05) is 0 Å². The van der Waals surface area contributed by atoms with Gasteiger partial charge in [0.2, 0.25) is 0 Å². The zero-order chi connectivity index (χ0) is 10.6. The van der Waals surface area contributed by atoms with Crippen LogP contribution in [-0.4, -0.2) is 15.9 Å². The number of hydrogen-bond donors (Lipinski definition) is 1. The molecule has 0 radical (unpaired) electrons. The number of hydrogen-bond acceptors (Lipinski definition) is 3. The Hall–Kier alpha value is -1.35. The van der Waals surface area contributed by atoms with Gasteiger partial charge in [0.15, 0.2) is 0 Å². The van der Waals surface area contributed by atoms with E-state index in [4.69, 9.17) is 16.8 Å². The van der Waals surface area contributed by atoms with Gasteiger partial charge in [0.25, 0.3) is 0 Å². The van der Waals surface area contributed by atoms with Gasteiger partial charge < -0.3 is 5.21 Å². The number of rotatable bonds is 2. The highest BCUT2D eigenvalue weighted by atomic mass is 35.5. The van der Waals surface area contributed by atoms with Crippen molar-refractivity contribution in [1.29, 1.82) is 0 Å². The highest BCUT2D eigenvalue weighted by molar-refractivity contribution is 6.32. The van der Waals surface area contributed by atoms with Gasteiger partial charge in [-0.1, -0.05) is 16.8 Å². The maximum Gasteiger partial charge on any atom is 0.0794 e. The molecule has 0 saturated carbocycles. The second kappa shape index (κ2) is 4.77. The maximum absolute atomic E-state index is 8.55. The molecule has 0 aliphatic heterocycles. The summed E-state index contributed by atoms with van der Waals surface area (Å²) in [6, 6.07) is 1.80. The summed E-state index contributed by atoms with van der Waals surface area (Å²) in [5, 5.41) is 12.2. The van der Waals surface area contributed by atoms with Crippen molar-refractivity contribution >= 4 is 23.4 Å². The molecule has 4 heteroatoms. The Morgan fingerprint density at radius 1 is 1.57 bits per heavy atom. The van der Waals surface area contributed by atoms with Crippen LogP contribution in [-0.2, 0) is 0 Å². The lowest BCUT2D eigenvalue weighted by Crippen LogP contribution is -1.92. The summed E-state index contributed by atoms with van der Waals surface area (Å²) in [6.07, 6.45) is 5.08. The molecule has 1 aromatic rings. The average molecular weight is 211 g/mol. The number of oxime groups is 1. The van der Waals surface area contributed by atoms with E-state index in [1.54, 1.807) is 25.4 Å². The van der Waals surface area contributed by atoms with Gasteiger partial charge in [0.1, 0.15) is 0 Å². The molecule has 0 aliphatic carbocycles. The summed E-state index contributed by atoms with van der Waals surface area (Å²) in [7, 11) is 0. The maximum atomic E-state index is 8.55. The van der Waals surface area contributed by atoms with Gasteiger partial charge >= 0.3 is 0 Å². The van der Waals surface area contributed by atoms with Crippen LogP contribution in [0.1, 0.15) is 19.4 Å². The molecule has 74 valence electrons. The molecule has 0 bridgehead atoms. The molecule has 0 aliphatic rings. The van der Waals surface area contributed by atoms with Gasteiger partial charge in [-0.25, -0.2) is 0 Å². The van der Waals surface area contributed by atoms with E-state index >= 15 is 0 Å². The number of allylic oxidation sites excluding steroid dienone is 1. The van der Waals surface area contributed by atoms with E-state index in [0.29, 0.717) is 10.7 Å². The molecule has 0 aromatic carbocycles. The molecule has 1 heterocycles. The van der Waals surface area contributed by atoms with Crippen LogP contribution in [0.5, 0.6) is 0 Å². The van der Waals surface area contributed by atoms with Crippen LogP contribution >= 0.6 is 11.6 Å². The Kier molecular flexibility index (Phi) is 3.65. The van der Waals surface area contributed by atoms with E-state index < -0.39 is 0 Å².